The molecule has 0 amide bonds. The number of hydrogen-bond acceptors (Lipinski definition) is 6. The highest BCUT2D eigenvalue weighted by Gasteiger charge is 2.41. The Hall–Kier alpha value is -2.98. The van der Waals surface area contributed by atoms with Crippen LogP contribution in [0.25, 0.3) is 11.6 Å². The highest BCUT2D eigenvalue weighted by atomic mass is 19.4. The number of halogens is 3. The van der Waals surface area contributed by atoms with Crippen LogP contribution >= 0.6 is 0 Å². The number of alkyl halides is 3. The summed E-state index contributed by atoms with van der Waals surface area (Å²) in [5.74, 6) is 0.368. The maximum Gasteiger partial charge on any atom is 0.450 e. The fourth-order valence-corrected chi connectivity index (χ4v) is 4.69. The lowest BCUT2D eigenvalue weighted by Gasteiger charge is -2.41. The maximum absolute atomic E-state index is 13.4. The number of anilines is 1. The summed E-state index contributed by atoms with van der Waals surface area (Å²) >= 11 is 0. The Kier molecular flexibility index (Phi) is 4.30. The largest absolute Gasteiger partial charge is 0.450 e. The van der Waals surface area contributed by atoms with Gasteiger partial charge in [-0.25, -0.2) is 9.97 Å². The van der Waals surface area contributed by atoms with Crippen LogP contribution < -0.4 is 4.90 Å². The summed E-state index contributed by atoms with van der Waals surface area (Å²) in [6, 6.07) is 0.210. The van der Waals surface area contributed by atoms with Crippen molar-refractivity contribution >= 4 is 5.82 Å². The van der Waals surface area contributed by atoms with Gasteiger partial charge in [-0.15, -0.1) is 10.2 Å². The highest BCUT2D eigenvalue weighted by molar-refractivity contribution is 5.65. The van der Waals surface area contributed by atoms with E-state index in [1.165, 1.54) is 6.20 Å². The first-order chi connectivity index (χ1) is 14.4. The van der Waals surface area contributed by atoms with Crippen LogP contribution in [0.15, 0.2) is 18.7 Å². The van der Waals surface area contributed by atoms with Crippen LogP contribution in [-0.4, -0.2) is 40.3 Å². The summed E-state index contributed by atoms with van der Waals surface area (Å²) in [5, 5.41) is 8.43. The second kappa shape index (κ2) is 6.78. The molecule has 5 rings (SSSR count). The van der Waals surface area contributed by atoms with Crippen molar-refractivity contribution in [3.05, 3.63) is 36.1 Å². The first kappa shape index (κ1) is 19.0. The number of imidazole rings is 1. The molecule has 4 heterocycles. The van der Waals surface area contributed by atoms with Crippen LogP contribution in [0.3, 0.4) is 0 Å². The molecule has 1 aliphatic heterocycles. The van der Waals surface area contributed by atoms with Crippen molar-refractivity contribution in [3.63, 3.8) is 0 Å². The van der Waals surface area contributed by atoms with Crippen molar-refractivity contribution in [3.8, 4) is 11.6 Å². The normalized spacial score (nSPS) is 19.2. The molecule has 2 aliphatic rings. The third-order valence-corrected chi connectivity index (χ3v) is 5.94. The smallest absolute Gasteiger partial charge is 0.341 e. The molecule has 1 saturated carbocycles. The van der Waals surface area contributed by atoms with Gasteiger partial charge in [-0.1, -0.05) is 19.8 Å². The predicted molar refractivity (Wildman–Crippen MR) is 102 cm³/mol. The second-order valence-electron chi connectivity index (χ2n) is 7.73. The summed E-state index contributed by atoms with van der Waals surface area (Å²) < 4.78 is 43.1. The van der Waals surface area contributed by atoms with Gasteiger partial charge in [0.25, 0.3) is 0 Å². The molecule has 0 N–H and O–H groups in total. The lowest BCUT2D eigenvalue weighted by Crippen LogP contribution is -2.42. The molecular formula is C19H21F3N8. The Morgan fingerprint density at radius 2 is 1.90 bits per heavy atom. The summed E-state index contributed by atoms with van der Waals surface area (Å²) in [6.45, 7) is 3.85. The Balaban J connectivity index is 1.74. The second-order valence-corrected chi connectivity index (χ2v) is 7.73. The van der Waals surface area contributed by atoms with Crippen LogP contribution in [0.1, 0.15) is 62.4 Å². The van der Waals surface area contributed by atoms with Crippen molar-refractivity contribution < 1.29 is 13.2 Å². The minimum Gasteiger partial charge on any atom is -0.341 e. The highest BCUT2D eigenvalue weighted by Crippen LogP contribution is 2.43. The molecule has 0 bridgehead atoms. The van der Waals surface area contributed by atoms with E-state index in [1.54, 1.807) is 13.3 Å². The molecule has 3 aromatic rings. The lowest BCUT2D eigenvalue weighted by molar-refractivity contribution is -0.146. The average Bonchev–Trinajstić information content (AvgIpc) is 3.46. The quantitative estimate of drug-likeness (QED) is 0.644. The van der Waals surface area contributed by atoms with Crippen LogP contribution in [0.5, 0.6) is 0 Å². The molecule has 0 aromatic carbocycles. The molecule has 1 fully saturated rings. The van der Waals surface area contributed by atoms with Crippen molar-refractivity contribution in [1.29, 1.82) is 0 Å². The van der Waals surface area contributed by atoms with E-state index in [1.807, 2.05) is 4.57 Å². The van der Waals surface area contributed by atoms with Gasteiger partial charge in [0.2, 0.25) is 11.8 Å². The summed E-state index contributed by atoms with van der Waals surface area (Å²) in [6.07, 6.45) is 4.43. The zero-order valence-electron chi connectivity index (χ0n) is 16.6. The van der Waals surface area contributed by atoms with E-state index in [2.05, 4.69) is 37.0 Å². The Bertz CT molecular complexity index is 1080. The van der Waals surface area contributed by atoms with Gasteiger partial charge in [0.15, 0.2) is 11.6 Å². The third-order valence-electron chi connectivity index (χ3n) is 5.94. The van der Waals surface area contributed by atoms with Crippen molar-refractivity contribution in [2.75, 3.05) is 4.90 Å². The zero-order valence-corrected chi connectivity index (χ0v) is 16.6. The van der Waals surface area contributed by atoms with E-state index in [-0.39, 0.29) is 18.0 Å². The predicted octanol–water partition coefficient (Wildman–Crippen LogP) is 3.78. The Labute approximate surface area is 170 Å². The number of hydrogen-bond donors (Lipinski definition) is 0. The van der Waals surface area contributed by atoms with Gasteiger partial charge in [0.05, 0.1) is 11.7 Å². The number of rotatable bonds is 3. The maximum atomic E-state index is 13.4. The van der Waals surface area contributed by atoms with Gasteiger partial charge in [0, 0.05) is 18.4 Å². The Morgan fingerprint density at radius 1 is 1.13 bits per heavy atom. The fourth-order valence-electron chi connectivity index (χ4n) is 4.69. The van der Waals surface area contributed by atoms with Crippen LogP contribution in [0, 0.1) is 6.92 Å². The van der Waals surface area contributed by atoms with Crippen LogP contribution in [0.2, 0.25) is 0 Å². The van der Waals surface area contributed by atoms with Crippen molar-refractivity contribution in [2.45, 2.75) is 64.2 Å². The van der Waals surface area contributed by atoms with Crippen molar-refractivity contribution in [2.24, 2.45) is 0 Å². The minimum absolute atomic E-state index is 0.0366. The van der Waals surface area contributed by atoms with Gasteiger partial charge in [-0.05, 0) is 26.2 Å². The standard InChI is InChI=1S/C19H21F3N8/c1-3-13-15-27-24-10-29(15)14-11(2)25-18(28-9-8-23-17(28)19(20,21)22)26-16(14)30(13)12-6-4-5-7-12/h8-10,12-13H,3-7H2,1-2H3/t13-/m1/s1. The van der Waals surface area contributed by atoms with E-state index in [0.29, 0.717) is 11.5 Å². The molecule has 0 radical (unpaired) electrons. The van der Waals surface area contributed by atoms with Gasteiger partial charge in [0.1, 0.15) is 12.0 Å². The molecule has 11 heteroatoms. The third kappa shape index (κ3) is 2.78. The molecule has 3 aromatic heterocycles. The summed E-state index contributed by atoms with van der Waals surface area (Å²) in [7, 11) is 0. The van der Waals surface area contributed by atoms with Gasteiger partial charge in [-0.2, -0.15) is 18.2 Å². The number of fused-ring (bicyclic) bond motifs is 3. The molecular weight excluding hydrogens is 397 g/mol. The van der Waals surface area contributed by atoms with E-state index < -0.39 is 12.0 Å². The van der Waals surface area contributed by atoms with Crippen LogP contribution in [0.4, 0.5) is 19.0 Å². The molecule has 0 unspecified atom stereocenters. The summed E-state index contributed by atoms with van der Waals surface area (Å²) in [4.78, 5) is 14.8. The SMILES string of the molecule is CC[C@@H]1c2nncn2-c2c(C)nc(-n3ccnc3C(F)(F)F)nc2N1C1CCCC1. The van der Waals surface area contributed by atoms with Crippen LogP contribution in [-0.2, 0) is 6.18 Å². The molecule has 30 heavy (non-hydrogen) atoms. The summed E-state index contributed by atoms with van der Waals surface area (Å²) in [5.41, 5.74) is 1.29. The van der Waals surface area contributed by atoms with E-state index in [0.717, 1.165) is 54.4 Å². The monoisotopic (exact) mass is 418 g/mol. The molecule has 0 spiro atoms. The first-order valence-corrected chi connectivity index (χ1v) is 10.1. The lowest BCUT2D eigenvalue weighted by atomic mass is 10.0. The zero-order chi connectivity index (χ0) is 21.0. The topological polar surface area (TPSA) is 77.5 Å². The fraction of sp³-hybridized carbons (Fsp3) is 0.526. The number of nitrogens with zero attached hydrogens (tertiary/aromatic N) is 8. The average molecular weight is 418 g/mol. The number of aryl methyl sites for hydroxylation is 1. The molecule has 8 nitrogen and oxygen atoms in total. The molecule has 0 saturated heterocycles. The van der Waals surface area contributed by atoms with Gasteiger partial charge >= 0.3 is 6.18 Å². The molecule has 1 aliphatic carbocycles. The van der Waals surface area contributed by atoms with Crippen molar-refractivity contribution in [1.82, 2.24) is 34.3 Å². The molecule has 158 valence electrons. The molecule has 1 atom stereocenters. The van der Waals surface area contributed by atoms with Gasteiger partial charge in [-0.3, -0.25) is 9.13 Å². The number of aromatic nitrogens is 7. The van der Waals surface area contributed by atoms with E-state index in [9.17, 15) is 13.2 Å². The van der Waals surface area contributed by atoms with Gasteiger partial charge < -0.3 is 4.90 Å². The van der Waals surface area contributed by atoms with E-state index >= 15 is 0 Å². The Morgan fingerprint density at radius 3 is 2.60 bits per heavy atom. The minimum atomic E-state index is -4.60. The van der Waals surface area contributed by atoms with E-state index in [4.69, 9.17) is 0 Å². The first-order valence-electron chi connectivity index (χ1n) is 10.1.